The number of thiazole rings is 1. The first kappa shape index (κ1) is 20.6. The second-order valence-electron chi connectivity index (χ2n) is 5.80. The van der Waals surface area contributed by atoms with Crippen LogP contribution in [-0.2, 0) is 19.4 Å². The smallest absolute Gasteiger partial charge is 0.191 e. The van der Waals surface area contributed by atoms with Crippen molar-refractivity contribution in [2.75, 3.05) is 13.6 Å². The number of guanidine groups is 1. The zero-order valence-corrected chi connectivity index (χ0v) is 18.5. The Hall–Kier alpha value is -1.68. The Morgan fingerprint density at radius 2 is 2.15 bits per heavy atom. The van der Waals surface area contributed by atoms with E-state index in [1.165, 1.54) is 10.6 Å². The third-order valence-electron chi connectivity index (χ3n) is 3.99. The van der Waals surface area contributed by atoms with Crippen LogP contribution in [0.2, 0.25) is 0 Å². The summed E-state index contributed by atoms with van der Waals surface area (Å²) in [4.78, 5) is 14.7. The third-order valence-corrected chi connectivity index (χ3v) is 5.19. The van der Waals surface area contributed by atoms with Crippen molar-refractivity contribution in [1.82, 2.24) is 25.0 Å². The van der Waals surface area contributed by atoms with Crippen molar-refractivity contribution in [2.24, 2.45) is 4.99 Å². The molecule has 3 aromatic heterocycles. The number of nitrogens with zero attached hydrogens (tertiary/aromatic N) is 4. The Labute approximate surface area is 175 Å². The van der Waals surface area contributed by atoms with E-state index in [0.717, 1.165) is 41.7 Å². The maximum Gasteiger partial charge on any atom is 0.191 e. The summed E-state index contributed by atoms with van der Waals surface area (Å²) in [6, 6.07) is 6.12. The lowest BCUT2D eigenvalue weighted by atomic mass is 10.4. The molecule has 0 aliphatic heterocycles. The molecule has 2 N–H and O–H groups in total. The molecule has 0 radical (unpaired) electrons. The van der Waals surface area contributed by atoms with E-state index in [0.29, 0.717) is 6.54 Å². The fraction of sp³-hybridized carbons (Fsp3) is 0.389. The number of aromatic nitrogens is 3. The van der Waals surface area contributed by atoms with E-state index in [-0.39, 0.29) is 24.0 Å². The Kier molecular flexibility index (Phi) is 7.83. The largest absolute Gasteiger partial charge is 0.356 e. The Balaban J connectivity index is 0.00000243. The highest BCUT2D eigenvalue weighted by Gasteiger charge is 2.05. The summed E-state index contributed by atoms with van der Waals surface area (Å²) in [6.45, 7) is 5.68. The number of imidazole rings is 1. The second kappa shape index (κ2) is 9.86. The first-order valence-electron chi connectivity index (χ1n) is 8.51. The van der Waals surface area contributed by atoms with Gasteiger partial charge in [0.15, 0.2) is 5.96 Å². The van der Waals surface area contributed by atoms with Crippen molar-refractivity contribution in [3.8, 4) is 0 Å². The summed E-state index contributed by atoms with van der Waals surface area (Å²) >= 11 is 1.78. The predicted molar refractivity (Wildman–Crippen MR) is 119 cm³/mol. The van der Waals surface area contributed by atoms with Gasteiger partial charge < -0.3 is 15.0 Å². The van der Waals surface area contributed by atoms with Gasteiger partial charge in [-0.25, -0.2) is 9.97 Å². The van der Waals surface area contributed by atoms with E-state index in [9.17, 15) is 0 Å². The Morgan fingerprint density at radius 1 is 1.31 bits per heavy atom. The van der Waals surface area contributed by atoms with E-state index in [1.54, 1.807) is 18.4 Å². The lowest BCUT2D eigenvalue weighted by Gasteiger charge is -2.10. The molecule has 26 heavy (non-hydrogen) atoms. The number of hydrogen-bond donors (Lipinski definition) is 2. The molecule has 3 heterocycles. The van der Waals surface area contributed by atoms with Gasteiger partial charge in [0.1, 0.15) is 5.65 Å². The van der Waals surface area contributed by atoms with Crippen LogP contribution in [0.1, 0.15) is 28.2 Å². The van der Waals surface area contributed by atoms with Gasteiger partial charge >= 0.3 is 0 Å². The van der Waals surface area contributed by atoms with Gasteiger partial charge in [-0.1, -0.05) is 13.0 Å². The van der Waals surface area contributed by atoms with Crippen LogP contribution in [0, 0.1) is 6.92 Å². The summed E-state index contributed by atoms with van der Waals surface area (Å²) in [5, 5.41) is 7.81. The van der Waals surface area contributed by atoms with Gasteiger partial charge in [-0.3, -0.25) is 4.99 Å². The monoisotopic (exact) mass is 484 g/mol. The molecule has 0 atom stereocenters. The van der Waals surface area contributed by atoms with E-state index in [1.807, 2.05) is 18.3 Å². The molecular weight excluding hydrogens is 459 g/mol. The van der Waals surface area contributed by atoms with Crippen molar-refractivity contribution in [1.29, 1.82) is 0 Å². The number of aryl methyl sites for hydroxylation is 2. The molecule has 140 valence electrons. The predicted octanol–water partition coefficient (Wildman–Crippen LogP) is 3.19. The van der Waals surface area contributed by atoms with Gasteiger partial charge in [-0.15, -0.1) is 35.3 Å². The number of pyridine rings is 1. The molecule has 0 aliphatic rings. The normalized spacial score (nSPS) is 11.4. The van der Waals surface area contributed by atoms with Crippen LogP contribution in [0.5, 0.6) is 0 Å². The zero-order valence-electron chi connectivity index (χ0n) is 15.3. The van der Waals surface area contributed by atoms with Crippen LogP contribution in [0.3, 0.4) is 0 Å². The highest BCUT2D eigenvalue weighted by atomic mass is 127. The molecule has 0 amide bonds. The van der Waals surface area contributed by atoms with Gasteiger partial charge in [0.05, 0.1) is 17.2 Å². The average molecular weight is 484 g/mol. The topological polar surface area (TPSA) is 66.6 Å². The molecule has 0 aliphatic carbocycles. The maximum atomic E-state index is 4.63. The summed E-state index contributed by atoms with van der Waals surface area (Å²) in [5.74, 6) is 0.779. The molecule has 0 bridgehead atoms. The third kappa shape index (κ3) is 5.16. The fourth-order valence-corrected chi connectivity index (χ4v) is 3.46. The highest BCUT2D eigenvalue weighted by molar-refractivity contribution is 14.0. The first-order chi connectivity index (χ1) is 12.2. The quantitative estimate of drug-likeness (QED) is 0.321. The molecule has 3 aromatic rings. The minimum atomic E-state index is 0. The lowest BCUT2D eigenvalue weighted by molar-refractivity contribution is 0.784. The van der Waals surface area contributed by atoms with E-state index in [4.69, 9.17) is 0 Å². The molecule has 0 spiro atoms. The average Bonchev–Trinajstić information content (AvgIpc) is 3.25. The number of rotatable bonds is 6. The van der Waals surface area contributed by atoms with Crippen LogP contribution in [0.4, 0.5) is 0 Å². The van der Waals surface area contributed by atoms with Crippen molar-refractivity contribution in [2.45, 2.75) is 33.2 Å². The standard InChI is InChI=1S/C18H24N6S.HI/c1-4-15-11-21-17(25-15)8-9-20-18(19-3)22-10-14-12-24-13(2)6-5-7-16(24)23-14;/h5-7,11-12H,4,8-10H2,1-3H3,(H2,19,20,22);1H. The molecule has 0 saturated carbocycles. The number of nitrogens with one attached hydrogen (secondary N) is 2. The van der Waals surface area contributed by atoms with E-state index < -0.39 is 0 Å². The minimum absolute atomic E-state index is 0. The highest BCUT2D eigenvalue weighted by Crippen LogP contribution is 2.13. The zero-order chi connectivity index (χ0) is 17.6. The van der Waals surface area contributed by atoms with Gasteiger partial charge in [0, 0.05) is 43.0 Å². The van der Waals surface area contributed by atoms with Crippen molar-refractivity contribution < 1.29 is 0 Å². The molecule has 0 unspecified atom stereocenters. The second-order valence-corrected chi connectivity index (χ2v) is 7.00. The summed E-state index contributed by atoms with van der Waals surface area (Å²) in [6.07, 6.45) is 5.98. The number of fused-ring (bicyclic) bond motifs is 1. The first-order valence-corrected chi connectivity index (χ1v) is 9.33. The summed E-state index contributed by atoms with van der Waals surface area (Å²) in [7, 11) is 1.78. The van der Waals surface area contributed by atoms with Gasteiger partial charge in [0.2, 0.25) is 0 Å². The minimum Gasteiger partial charge on any atom is -0.356 e. The van der Waals surface area contributed by atoms with Crippen LogP contribution in [0.15, 0.2) is 35.6 Å². The van der Waals surface area contributed by atoms with Crippen molar-refractivity contribution in [3.63, 3.8) is 0 Å². The van der Waals surface area contributed by atoms with Crippen molar-refractivity contribution >= 4 is 46.9 Å². The van der Waals surface area contributed by atoms with E-state index >= 15 is 0 Å². The van der Waals surface area contributed by atoms with Gasteiger partial charge in [0.25, 0.3) is 0 Å². The van der Waals surface area contributed by atoms with Crippen LogP contribution in [-0.4, -0.2) is 33.9 Å². The van der Waals surface area contributed by atoms with Gasteiger partial charge in [-0.05, 0) is 25.5 Å². The molecule has 3 rings (SSSR count). The number of halogens is 1. The van der Waals surface area contributed by atoms with E-state index in [2.05, 4.69) is 56.1 Å². The molecule has 0 aromatic carbocycles. The summed E-state index contributed by atoms with van der Waals surface area (Å²) in [5.41, 5.74) is 3.13. The molecular formula is C18H25IN6S. The number of aliphatic imine (C=N–C) groups is 1. The van der Waals surface area contributed by atoms with Crippen molar-refractivity contribution in [3.05, 3.63) is 51.9 Å². The number of hydrogen-bond acceptors (Lipinski definition) is 4. The Morgan fingerprint density at radius 3 is 2.85 bits per heavy atom. The van der Waals surface area contributed by atoms with Crippen LogP contribution in [0.25, 0.3) is 5.65 Å². The lowest BCUT2D eigenvalue weighted by Crippen LogP contribution is -2.37. The van der Waals surface area contributed by atoms with Crippen LogP contribution >= 0.6 is 35.3 Å². The molecule has 0 saturated heterocycles. The maximum absolute atomic E-state index is 4.63. The Bertz CT molecular complexity index is 870. The summed E-state index contributed by atoms with van der Waals surface area (Å²) < 4.78 is 2.10. The molecule has 0 fully saturated rings. The molecule has 8 heteroatoms. The molecule has 6 nitrogen and oxygen atoms in total. The SMILES string of the molecule is CCc1cnc(CCNC(=NC)NCc2cn3c(C)cccc3n2)s1.I. The fourth-order valence-electron chi connectivity index (χ4n) is 2.59. The van der Waals surface area contributed by atoms with Crippen LogP contribution < -0.4 is 10.6 Å². The van der Waals surface area contributed by atoms with Gasteiger partial charge in [-0.2, -0.15) is 0 Å².